The van der Waals surface area contributed by atoms with Gasteiger partial charge in [0.25, 0.3) is 0 Å². The summed E-state index contributed by atoms with van der Waals surface area (Å²) in [6.07, 6.45) is 0. The Kier molecular flexibility index (Phi) is 5.81. The molecular formula is C11H12IN3O3S2. The quantitative estimate of drug-likeness (QED) is 0.543. The Bertz CT molecular complexity index is 600. The molecule has 0 atom stereocenters. The fourth-order valence-electron chi connectivity index (χ4n) is 1.55. The van der Waals surface area contributed by atoms with E-state index < -0.39 is 5.97 Å². The minimum Gasteiger partial charge on any atom is -0.481 e. The molecule has 20 heavy (non-hydrogen) atoms. The first-order valence-corrected chi connectivity index (χ1v) is 8.57. The third-order valence-corrected chi connectivity index (χ3v) is 5.13. The number of carboxylic acid groups (broad SMARTS) is 1. The van der Waals surface area contributed by atoms with Crippen LogP contribution >= 0.6 is 45.7 Å². The van der Waals surface area contributed by atoms with Gasteiger partial charge in [0.15, 0.2) is 11.0 Å². The molecule has 0 aliphatic carbocycles. The maximum Gasteiger partial charge on any atom is 0.313 e. The van der Waals surface area contributed by atoms with Crippen molar-refractivity contribution < 1.29 is 14.6 Å². The molecule has 2 rings (SSSR count). The van der Waals surface area contributed by atoms with Crippen LogP contribution < -0.4 is 0 Å². The monoisotopic (exact) mass is 425 g/mol. The van der Waals surface area contributed by atoms with Gasteiger partial charge in [0.1, 0.15) is 0 Å². The molecule has 6 nitrogen and oxygen atoms in total. The first-order valence-electron chi connectivity index (χ1n) is 5.63. The number of carboxylic acids is 1. The molecule has 0 unspecified atom stereocenters. The number of hydrogen-bond acceptors (Lipinski definition) is 6. The molecule has 0 aliphatic rings. The van der Waals surface area contributed by atoms with Crippen molar-refractivity contribution in [1.82, 2.24) is 14.8 Å². The second kappa shape index (κ2) is 7.38. The number of thioether (sulfide) groups is 1. The summed E-state index contributed by atoms with van der Waals surface area (Å²) < 4.78 is 8.15. The molecule has 0 radical (unpaired) electrons. The second-order valence-electron chi connectivity index (χ2n) is 3.77. The van der Waals surface area contributed by atoms with E-state index in [1.54, 1.807) is 18.4 Å². The first-order chi connectivity index (χ1) is 9.61. The maximum absolute atomic E-state index is 10.7. The van der Waals surface area contributed by atoms with Crippen LogP contribution in [0.25, 0.3) is 11.4 Å². The molecule has 108 valence electrons. The van der Waals surface area contributed by atoms with E-state index in [0.717, 1.165) is 23.1 Å². The summed E-state index contributed by atoms with van der Waals surface area (Å²) in [5.41, 5.74) is 0.991. The summed E-state index contributed by atoms with van der Waals surface area (Å²) in [6.45, 7) is 1.11. The Labute approximate surface area is 137 Å². The summed E-state index contributed by atoms with van der Waals surface area (Å²) in [7, 11) is 1.63. The fraction of sp³-hybridized carbons (Fsp3) is 0.364. The summed E-state index contributed by atoms with van der Waals surface area (Å²) >= 11 is 5.05. The van der Waals surface area contributed by atoms with Gasteiger partial charge in [-0.2, -0.15) is 0 Å². The van der Waals surface area contributed by atoms with Gasteiger partial charge in [-0.1, -0.05) is 11.8 Å². The van der Waals surface area contributed by atoms with Gasteiger partial charge < -0.3 is 9.84 Å². The van der Waals surface area contributed by atoms with Gasteiger partial charge in [0.05, 0.1) is 21.8 Å². The number of rotatable bonds is 7. The Morgan fingerprint density at radius 1 is 1.60 bits per heavy atom. The number of nitrogens with zero attached hydrogens (tertiary/aromatic N) is 3. The van der Waals surface area contributed by atoms with Crippen LogP contribution in [0.5, 0.6) is 0 Å². The minimum atomic E-state index is -0.872. The van der Waals surface area contributed by atoms with Crippen molar-refractivity contribution in [2.45, 2.75) is 11.7 Å². The van der Waals surface area contributed by atoms with Crippen LogP contribution in [0.3, 0.4) is 0 Å². The predicted molar refractivity (Wildman–Crippen MR) is 86.3 cm³/mol. The zero-order valence-electron chi connectivity index (χ0n) is 10.6. The highest BCUT2D eigenvalue weighted by Gasteiger charge is 2.16. The molecule has 0 amide bonds. The molecule has 0 spiro atoms. The van der Waals surface area contributed by atoms with Crippen LogP contribution in [-0.2, 0) is 16.1 Å². The molecule has 2 aromatic heterocycles. The van der Waals surface area contributed by atoms with Gasteiger partial charge in [-0.15, -0.1) is 21.5 Å². The van der Waals surface area contributed by atoms with Crippen LogP contribution in [0.4, 0.5) is 0 Å². The van der Waals surface area contributed by atoms with Crippen LogP contribution in [0, 0.1) is 2.88 Å². The SMILES string of the molecule is COCCn1c(SCC(=O)O)nnc1-c1csc(I)c1. The summed E-state index contributed by atoms with van der Waals surface area (Å²) in [5, 5.41) is 19.6. The first kappa shape index (κ1) is 15.7. The molecule has 0 fully saturated rings. The number of carbonyl (C=O) groups is 1. The molecule has 0 aromatic carbocycles. The second-order valence-corrected chi connectivity index (χ2v) is 7.52. The summed E-state index contributed by atoms with van der Waals surface area (Å²) in [6, 6.07) is 2.03. The number of ether oxygens (including phenoxy) is 1. The lowest BCUT2D eigenvalue weighted by atomic mass is 10.3. The third-order valence-electron chi connectivity index (χ3n) is 2.39. The van der Waals surface area contributed by atoms with E-state index in [1.165, 1.54) is 2.88 Å². The predicted octanol–water partition coefficient (Wildman–Crippen LogP) is 2.43. The molecule has 0 saturated carbocycles. The van der Waals surface area contributed by atoms with Gasteiger partial charge >= 0.3 is 5.97 Å². The van der Waals surface area contributed by atoms with E-state index in [1.807, 2.05) is 16.0 Å². The smallest absolute Gasteiger partial charge is 0.313 e. The third kappa shape index (κ3) is 3.93. The van der Waals surface area contributed by atoms with Crippen LogP contribution in [0.1, 0.15) is 0 Å². The van der Waals surface area contributed by atoms with Crippen molar-refractivity contribution in [3.05, 3.63) is 14.3 Å². The summed E-state index contributed by atoms with van der Waals surface area (Å²) in [4.78, 5) is 10.7. The Balaban J connectivity index is 2.28. The molecule has 1 N–H and O–H groups in total. The lowest BCUT2D eigenvalue weighted by molar-refractivity contribution is -0.133. The van der Waals surface area contributed by atoms with Crippen molar-refractivity contribution in [3.8, 4) is 11.4 Å². The number of aromatic nitrogens is 3. The number of halogens is 1. The Morgan fingerprint density at radius 3 is 3.00 bits per heavy atom. The normalized spacial score (nSPS) is 10.9. The Morgan fingerprint density at radius 2 is 2.40 bits per heavy atom. The van der Waals surface area contributed by atoms with Crippen LogP contribution in [-0.4, -0.2) is 45.3 Å². The van der Waals surface area contributed by atoms with Gasteiger partial charge in [-0.05, 0) is 28.7 Å². The van der Waals surface area contributed by atoms with E-state index >= 15 is 0 Å². The molecule has 2 heterocycles. The highest BCUT2D eigenvalue weighted by atomic mass is 127. The number of methoxy groups -OCH3 is 1. The van der Waals surface area contributed by atoms with E-state index in [-0.39, 0.29) is 5.75 Å². The highest BCUT2D eigenvalue weighted by molar-refractivity contribution is 14.1. The maximum atomic E-state index is 10.7. The molecule has 2 aromatic rings. The van der Waals surface area contributed by atoms with Gasteiger partial charge in [-0.3, -0.25) is 9.36 Å². The lowest BCUT2D eigenvalue weighted by Crippen LogP contribution is -2.08. The zero-order valence-corrected chi connectivity index (χ0v) is 14.4. The molecule has 0 aliphatic heterocycles. The summed E-state index contributed by atoms with van der Waals surface area (Å²) in [5.74, 6) is -0.163. The van der Waals surface area contributed by atoms with E-state index in [4.69, 9.17) is 9.84 Å². The van der Waals surface area contributed by atoms with E-state index in [9.17, 15) is 4.79 Å². The number of aliphatic carboxylic acids is 1. The van der Waals surface area contributed by atoms with Crippen molar-refractivity contribution in [2.75, 3.05) is 19.5 Å². The molecule has 0 saturated heterocycles. The fourth-order valence-corrected chi connectivity index (χ4v) is 3.56. The van der Waals surface area contributed by atoms with Crippen molar-refractivity contribution in [2.24, 2.45) is 0 Å². The van der Waals surface area contributed by atoms with Crippen molar-refractivity contribution in [1.29, 1.82) is 0 Å². The van der Waals surface area contributed by atoms with Gasteiger partial charge in [0.2, 0.25) is 0 Å². The molecule has 9 heteroatoms. The van der Waals surface area contributed by atoms with Crippen molar-refractivity contribution in [3.63, 3.8) is 0 Å². The standard InChI is InChI=1S/C11H12IN3O3S2/c1-18-3-2-15-10(7-4-8(12)19-5-7)13-14-11(15)20-6-9(16)17/h4-5H,2-3,6H2,1H3,(H,16,17). The van der Waals surface area contributed by atoms with Gasteiger partial charge in [-0.25, -0.2) is 0 Å². The average molecular weight is 425 g/mol. The Hall–Kier alpha value is -0.650. The van der Waals surface area contributed by atoms with Gasteiger partial charge in [0, 0.05) is 18.1 Å². The van der Waals surface area contributed by atoms with Crippen LogP contribution in [0.15, 0.2) is 16.6 Å². The minimum absolute atomic E-state index is 0.0354. The topological polar surface area (TPSA) is 77.2 Å². The lowest BCUT2D eigenvalue weighted by Gasteiger charge is -2.08. The van der Waals surface area contributed by atoms with E-state index in [0.29, 0.717) is 18.3 Å². The largest absolute Gasteiger partial charge is 0.481 e. The van der Waals surface area contributed by atoms with E-state index in [2.05, 4.69) is 32.8 Å². The van der Waals surface area contributed by atoms with Crippen LogP contribution in [0.2, 0.25) is 0 Å². The zero-order chi connectivity index (χ0) is 14.5. The number of hydrogen-bond donors (Lipinski definition) is 1. The average Bonchev–Trinajstić information content (AvgIpc) is 2.99. The molecular weight excluding hydrogens is 413 g/mol. The molecule has 0 bridgehead atoms. The number of thiophene rings is 1. The van der Waals surface area contributed by atoms with Crippen molar-refractivity contribution >= 4 is 51.7 Å². The highest BCUT2D eigenvalue weighted by Crippen LogP contribution is 2.28.